The van der Waals surface area contributed by atoms with Gasteiger partial charge in [0, 0.05) is 6.42 Å². The third-order valence-electron chi connectivity index (χ3n) is 4.21. The van der Waals surface area contributed by atoms with Crippen LogP contribution in [0.3, 0.4) is 0 Å². The molecule has 3 N–H and O–H groups in total. The van der Waals surface area contributed by atoms with Gasteiger partial charge in [-0.25, -0.2) is 0 Å². The molecule has 0 radical (unpaired) electrons. The first-order chi connectivity index (χ1) is 11.1. The van der Waals surface area contributed by atoms with E-state index in [2.05, 4.69) is 5.32 Å². The highest BCUT2D eigenvalue weighted by molar-refractivity contribution is 5.91. The monoisotopic (exact) mass is 340 g/mol. The minimum Gasteiger partial charge on any atom is -0.367 e. The number of alkyl halides is 3. The number of primary amides is 1. The van der Waals surface area contributed by atoms with Gasteiger partial charge >= 0.3 is 6.18 Å². The number of nitrogens with one attached hydrogen (secondary N) is 1. The van der Waals surface area contributed by atoms with Crippen LogP contribution in [0.15, 0.2) is 36.4 Å². The zero-order chi connectivity index (χ0) is 18.0. The standard InChI is InChI=1S/C17H19F3N2O2/c1-16(15(21)24,22-14(23)9-11-5-2-3-6-11)12-7-4-8-13(10-12)17(18,19)20/h2,4-5,7-8,10-11H,3,6,9H2,1H3,(H2,21,24)(H,22,23)/t11-,16+/m1/s1. The van der Waals surface area contributed by atoms with Crippen LogP contribution in [0, 0.1) is 5.92 Å². The van der Waals surface area contributed by atoms with E-state index in [1.165, 1.54) is 19.1 Å². The van der Waals surface area contributed by atoms with E-state index in [1.807, 2.05) is 12.2 Å². The molecule has 0 spiro atoms. The largest absolute Gasteiger partial charge is 0.416 e. The predicted octanol–water partition coefficient (Wildman–Crippen LogP) is 2.88. The number of halogens is 3. The highest BCUT2D eigenvalue weighted by Crippen LogP contribution is 2.32. The van der Waals surface area contributed by atoms with Gasteiger partial charge in [-0.1, -0.05) is 24.3 Å². The van der Waals surface area contributed by atoms with Crippen molar-refractivity contribution < 1.29 is 22.8 Å². The lowest BCUT2D eigenvalue weighted by Gasteiger charge is -2.29. The SMILES string of the molecule is C[C@@](NC(=O)C[C@@H]1C=CCC1)(C(N)=O)c1cccc(C(F)(F)F)c1. The molecule has 0 aromatic heterocycles. The Morgan fingerprint density at radius 3 is 2.50 bits per heavy atom. The third kappa shape index (κ3) is 3.96. The van der Waals surface area contributed by atoms with Crippen LogP contribution < -0.4 is 11.1 Å². The van der Waals surface area contributed by atoms with Crippen molar-refractivity contribution in [2.75, 3.05) is 0 Å². The molecule has 0 bridgehead atoms. The van der Waals surface area contributed by atoms with E-state index in [1.54, 1.807) is 0 Å². The smallest absolute Gasteiger partial charge is 0.367 e. The molecule has 1 aromatic carbocycles. The summed E-state index contributed by atoms with van der Waals surface area (Å²) in [7, 11) is 0. The molecule has 2 rings (SSSR count). The molecule has 2 atom stereocenters. The van der Waals surface area contributed by atoms with Gasteiger partial charge in [0.15, 0.2) is 0 Å². The first kappa shape index (κ1) is 18.0. The maximum atomic E-state index is 12.9. The normalized spacial score (nSPS) is 19.8. The molecule has 0 saturated carbocycles. The average molecular weight is 340 g/mol. The molecule has 24 heavy (non-hydrogen) atoms. The second-order valence-corrected chi connectivity index (χ2v) is 6.09. The van der Waals surface area contributed by atoms with E-state index in [0.29, 0.717) is 0 Å². The number of hydrogen-bond donors (Lipinski definition) is 2. The molecule has 1 aliphatic carbocycles. The summed E-state index contributed by atoms with van der Waals surface area (Å²) in [6, 6.07) is 4.26. The summed E-state index contributed by atoms with van der Waals surface area (Å²) in [4.78, 5) is 24.1. The van der Waals surface area contributed by atoms with Crippen molar-refractivity contribution in [3.63, 3.8) is 0 Å². The lowest BCUT2D eigenvalue weighted by Crippen LogP contribution is -2.53. The van der Waals surface area contributed by atoms with Crippen LogP contribution in [0.25, 0.3) is 0 Å². The summed E-state index contributed by atoms with van der Waals surface area (Å²) in [5.74, 6) is -1.27. The lowest BCUT2D eigenvalue weighted by atomic mass is 9.89. The van der Waals surface area contributed by atoms with Crippen LogP contribution in [0.4, 0.5) is 13.2 Å². The average Bonchev–Trinajstić information content (AvgIpc) is 2.98. The zero-order valence-corrected chi connectivity index (χ0v) is 13.2. The highest BCUT2D eigenvalue weighted by Gasteiger charge is 2.38. The van der Waals surface area contributed by atoms with E-state index < -0.39 is 29.1 Å². The summed E-state index contributed by atoms with van der Waals surface area (Å²) >= 11 is 0. The Morgan fingerprint density at radius 2 is 1.96 bits per heavy atom. The number of carbonyl (C=O) groups is 2. The first-order valence-corrected chi connectivity index (χ1v) is 7.58. The van der Waals surface area contributed by atoms with Gasteiger partial charge in [-0.15, -0.1) is 0 Å². The number of allylic oxidation sites excluding steroid dienone is 2. The second-order valence-electron chi connectivity index (χ2n) is 6.09. The van der Waals surface area contributed by atoms with Crippen molar-refractivity contribution in [3.05, 3.63) is 47.5 Å². The Labute approximate surface area is 137 Å². The quantitative estimate of drug-likeness (QED) is 0.809. The molecule has 0 aliphatic heterocycles. The van der Waals surface area contributed by atoms with Crippen molar-refractivity contribution in [1.82, 2.24) is 5.32 Å². The molecule has 2 amide bonds. The molecule has 0 saturated heterocycles. The fourth-order valence-electron chi connectivity index (χ4n) is 2.72. The Kier molecular flexibility index (Phi) is 5.01. The predicted molar refractivity (Wildman–Crippen MR) is 82.6 cm³/mol. The Morgan fingerprint density at radius 1 is 1.29 bits per heavy atom. The molecule has 0 unspecified atom stereocenters. The van der Waals surface area contributed by atoms with Crippen molar-refractivity contribution in [2.24, 2.45) is 11.7 Å². The van der Waals surface area contributed by atoms with Crippen LogP contribution in [-0.4, -0.2) is 11.8 Å². The van der Waals surface area contributed by atoms with E-state index in [4.69, 9.17) is 5.73 Å². The van der Waals surface area contributed by atoms with Gasteiger partial charge in [0.2, 0.25) is 11.8 Å². The first-order valence-electron chi connectivity index (χ1n) is 7.58. The van der Waals surface area contributed by atoms with Gasteiger partial charge in [-0.3, -0.25) is 9.59 Å². The van der Waals surface area contributed by atoms with Gasteiger partial charge in [-0.05, 0) is 43.4 Å². The fraction of sp³-hybridized carbons (Fsp3) is 0.412. The molecule has 0 fully saturated rings. The molecule has 7 heteroatoms. The molecule has 1 aliphatic rings. The van der Waals surface area contributed by atoms with E-state index in [0.717, 1.165) is 25.0 Å². The fourth-order valence-corrected chi connectivity index (χ4v) is 2.72. The van der Waals surface area contributed by atoms with Gasteiger partial charge in [0.05, 0.1) is 5.56 Å². The summed E-state index contributed by atoms with van der Waals surface area (Å²) in [5, 5.41) is 2.50. The Hall–Kier alpha value is -2.31. The second kappa shape index (κ2) is 6.67. The Balaban J connectivity index is 2.25. The van der Waals surface area contributed by atoms with Gasteiger partial charge < -0.3 is 11.1 Å². The number of amides is 2. The van der Waals surface area contributed by atoms with Crippen molar-refractivity contribution in [2.45, 2.75) is 37.9 Å². The van der Waals surface area contributed by atoms with Crippen LogP contribution in [-0.2, 0) is 21.3 Å². The number of nitrogens with two attached hydrogens (primary N) is 1. The van der Waals surface area contributed by atoms with E-state index >= 15 is 0 Å². The van der Waals surface area contributed by atoms with Gasteiger partial charge in [0.1, 0.15) is 5.54 Å². The zero-order valence-electron chi connectivity index (χ0n) is 13.2. The van der Waals surface area contributed by atoms with Crippen LogP contribution in [0.1, 0.15) is 37.3 Å². The van der Waals surface area contributed by atoms with Crippen molar-refractivity contribution in [1.29, 1.82) is 0 Å². The summed E-state index contributed by atoms with van der Waals surface area (Å²) in [6.45, 7) is 1.31. The number of hydrogen-bond acceptors (Lipinski definition) is 2. The van der Waals surface area contributed by atoms with Crippen molar-refractivity contribution >= 4 is 11.8 Å². The van der Waals surface area contributed by atoms with Crippen LogP contribution in [0.5, 0.6) is 0 Å². The lowest BCUT2D eigenvalue weighted by molar-refractivity contribution is -0.138. The van der Waals surface area contributed by atoms with Crippen LogP contribution in [0.2, 0.25) is 0 Å². The summed E-state index contributed by atoms with van der Waals surface area (Å²) in [6.07, 6.45) is 1.23. The number of benzene rings is 1. The van der Waals surface area contributed by atoms with Gasteiger partial charge in [-0.2, -0.15) is 13.2 Å². The van der Waals surface area contributed by atoms with Crippen molar-refractivity contribution in [3.8, 4) is 0 Å². The molecular weight excluding hydrogens is 321 g/mol. The molecule has 1 aromatic rings. The molecule has 4 nitrogen and oxygen atoms in total. The maximum Gasteiger partial charge on any atom is 0.416 e. The molecular formula is C17H19F3N2O2. The number of rotatable bonds is 5. The summed E-state index contributed by atoms with van der Waals surface area (Å²) < 4.78 is 38.6. The van der Waals surface area contributed by atoms with Gasteiger partial charge in [0.25, 0.3) is 0 Å². The maximum absolute atomic E-state index is 12.9. The Bertz CT molecular complexity index is 670. The molecule has 0 heterocycles. The van der Waals surface area contributed by atoms with Crippen LogP contribution >= 0.6 is 0 Å². The highest BCUT2D eigenvalue weighted by atomic mass is 19.4. The summed E-state index contributed by atoms with van der Waals surface area (Å²) in [5.41, 5.74) is 2.76. The third-order valence-corrected chi connectivity index (χ3v) is 4.21. The minimum atomic E-state index is -4.55. The minimum absolute atomic E-state index is 0.000129. The number of carbonyl (C=O) groups excluding carboxylic acids is 2. The topological polar surface area (TPSA) is 72.2 Å². The van der Waals surface area contributed by atoms with E-state index in [9.17, 15) is 22.8 Å². The van der Waals surface area contributed by atoms with E-state index in [-0.39, 0.29) is 17.9 Å². The molecule has 130 valence electrons.